The summed E-state index contributed by atoms with van der Waals surface area (Å²) in [7, 11) is 0. The molecule has 3 N–H and O–H groups in total. The van der Waals surface area contributed by atoms with Crippen LogP contribution in [0.4, 0.5) is 5.13 Å². The molecular formula is C24H37N3O2S. The zero-order valence-corrected chi connectivity index (χ0v) is 19.7. The molecule has 0 fully saturated rings. The van der Waals surface area contributed by atoms with E-state index in [1.54, 1.807) is 6.92 Å². The van der Waals surface area contributed by atoms with Crippen molar-refractivity contribution in [3.63, 3.8) is 0 Å². The number of rotatable bonds is 10. The molecule has 1 aromatic heterocycles. The monoisotopic (exact) mass is 431 g/mol. The van der Waals surface area contributed by atoms with E-state index in [1.807, 2.05) is 6.92 Å². The summed E-state index contributed by atoms with van der Waals surface area (Å²) in [6, 6.07) is 0. The molecule has 5 nitrogen and oxygen atoms in total. The van der Waals surface area contributed by atoms with Gasteiger partial charge in [0.1, 0.15) is 0 Å². The molecule has 1 heterocycles. The Labute approximate surface area is 185 Å². The zero-order chi connectivity index (χ0) is 22.5. The average Bonchev–Trinajstić information content (AvgIpc) is 3.13. The lowest BCUT2D eigenvalue weighted by molar-refractivity contribution is -0.117. The summed E-state index contributed by atoms with van der Waals surface area (Å²) < 4.78 is 0. The second-order valence-electron chi connectivity index (χ2n) is 7.58. The number of anilines is 1. The van der Waals surface area contributed by atoms with Gasteiger partial charge in [-0.25, -0.2) is 4.98 Å². The number of thiazole rings is 1. The van der Waals surface area contributed by atoms with Gasteiger partial charge in [0.15, 0.2) is 5.13 Å². The van der Waals surface area contributed by atoms with Gasteiger partial charge in [-0.2, -0.15) is 0 Å². The van der Waals surface area contributed by atoms with Gasteiger partial charge in [0.05, 0.1) is 16.3 Å². The zero-order valence-electron chi connectivity index (χ0n) is 18.9. The van der Waals surface area contributed by atoms with Gasteiger partial charge >= 0.3 is 0 Å². The maximum atomic E-state index is 12.4. The minimum absolute atomic E-state index is 0.0366. The van der Waals surface area contributed by atoms with Crippen molar-refractivity contribution >= 4 is 33.7 Å². The minimum atomic E-state index is 0.0366. The van der Waals surface area contributed by atoms with Crippen molar-refractivity contribution in [3.8, 4) is 0 Å². The first kappa shape index (κ1) is 25.8. The van der Waals surface area contributed by atoms with Gasteiger partial charge in [0.25, 0.3) is 0 Å². The van der Waals surface area contributed by atoms with Gasteiger partial charge in [0, 0.05) is 18.6 Å². The molecule has 1 aliphatic carbocycles. The first-order valence-electron chi connectivity index (χ1n) is 10.9. The number of aliphatic hydroxyl groups excluding tert-OH is 1. The minimum Gasteiger partial charge on any atom is -0.513 e. The van der Waals surface area contributed by atoms with E-state index in [9.17, 15) is 4.79 Å². The Kier molecular flexibility index (Phi) is 12.0. The van der Waals surface area contributed by atoms with Crippen molar-refractivity contribution in [1.29, 1.82) is 5.41 Å². The molecule has 0 unspecified atom stereocenters. The van der Waals surface area contributed by atoms with Crippen LogP contribution >= 0.6 is 11.3 Å². The van der Waals surface area contributed by atoms with Crippen molar-refractivity contribution in [2.24, 2.45) is 5.92 Å². The normalized spacial score (nSPS) is 12.8. The van der Waals surface area contributed by atoms with E-state index in [0.29, 0.717) is 29.6 Å². The average molecular weight is 432 g/mol. The van der Waals surface area contributed by atoms with E-state index in [4.69, 9.17) is 10.5 Å². The number of amides is 1. The standard InChI is InChI=1S/C20H29N3OS.C4H8O/c1-4-9-15(10-5-2)13-17(24)22-20-23-18(19(25-20)14(3)21)16-11-7-6-8-12-16;1-3-4(2)5/h7,11-12,15,21H,4-6,8-10,13H2,1-3H3,(H,22,23,24);5H,2-3H2,1H3. The number of nitrogens with zero attached hydrogens (tertiary/aromatic N) is 1. The van der Waals surface area contributed by atoms with Gasteiger partial charge in [-0.3, -0.25) is 4.79 Å². The number of carbonyl (C=O) groups excluding carboxylic acids is 1. The van der Waals surface area contributed by atoms with Gasteiger partial charge in [-0.15, -0.1) is 0 Å². The molecule has 2 rings (SSSR count). The van der Waals surface area contributed by atoms with Gasteiger partial charge in [-0.05, 0) is 31.3 Å². The van der Waals surface area contributed by atoms with E-state index in [-0.39, 0.29) is 11.7 Å². The molecule has 0 saturated carbocycles. The Morgan fingerprint density at radius 3 is 2.40 bits per heavy atom. The molecule has 0 aliphatic heterocycles. The number of nitrogens with one attached hydrogen (secondary N) is 2. The summed E-state index contributed by atoms with van der Waals surface area (Å²) in [5.74, 6) is 0.738. The van der Waals surface area contributed by atoms with Crippen LogP contribution in [0.3, 0.4) is 0 Å². The molecule has 0 saturated heterocycles. The lowest BCUT2D eigenvalue weighted by Crippen LogP contribution is -2.16. The lowest BCUT2D eigenvalue weighted by atomic mass is 9.94. The molecule has 1 aliphatic rings. The van der Waals surface area contributed by atoms with Crippen LogP contribution in [0.5, 0.6) is 0 Å². The molecule has 6 heteroatoms. The van der Waals surface area contributed by atoms with Crippen LogP contribution in [0.2, 0.25) is 0 Å². The molecule has 0 spiro atoms. The second kappa shape index (κ2) is 13.9. The van der Waals surface area contributed by atoms with Crippen LogP contribution in [0.25, 0.3) is 5.57 Å². The number of carbonyl (C=O) groups is 1. The lowest BCUT2D eigenvalue weighted by Gasteiger charge is -2.13. The molecule has 166 valence electrons. The third kappa shape index (κ3) is 9.08. The summed E-state index contributed by atoms with van der Waals surface area (Å²) in [6.07, 6.45) is 14.0. The summed E-state index contributed by atoms with van der Waals surface area (Å²) >= 11 is 1.40. The highest BCUT2D eigenvalue weighted by atomic mass is 32.1. The van der Waals surface area contributed by atoms with Gasteiger partial charge in [0.2, 0.25) is 5.91 Å². The van der Waals surface area contributed by atoms with Crippen LogP contribution in [0.1, 0.15) is 89.6 Å². The fourth-order valence-corrected chi connectivity index (χ4v) is 4.12. The fraction of sp³-hybridized carbons (Fsp3) is 0.542. The van der Waals surface area contributed by atoms with Crippen LogP contribution in [-0.2, 0) is 4.79 Å². The highest BCUT2D eigenvalue weighted by Gasteiger charge is 2.19. The predicted octanol–water partition coefficient (Wildman–Crippen LogP) is 7.28. The molecule has 1 amide bonds. The Bertz CT molecular complexity index is 771. The first-order valence-corrected chi connectivity index (χ1v) is 11.7. The van der Waals surface area contributed by atoms with E-state index in [2.05, 4.69) is 49.0 Å². The molecule has 0 bridgehead atoms. The van der Waals surface area contributed by atoms with E-state index in [1.165, 1.54) is 11.3 Å². The maximum Gasteiger partial charge on any atom is 0.226 e. The van der Waals surface area contributed by atoms with Gasteiger partial charge in [-0.1, -0.05) is 82.6 Å². The van der Waals surface area contributed by atoms with Gasteiger partial charge < -0.3 is 15.8 Å². The fourth-order valence-electron chi connectivity index (χ4n) is 3.21. The summed E-state index contributed by atoms with van der Waals surface area (Å²) in [5, 5.41) is 19.8. The van der Waals surface area contributed by atoms with E-state index in [0.717, 1.165) is 54.7 Å². The highest BCUT2D eigenvalue weighted by Crippen LogP contribution is 2.31. The van der Waals surface area contributed by atoms with Crippen LogP contribution in [-0.4, -0.2) is 21.7 Å². The third-order valence-electron chi connectivity index (χ3n) is 4.76. The number of aliphatic hydroxyl groups is 1. The van der Waals surface area contributed by atoms with Crippen molar-refractivity contribution in [3.05, 3.63) is 41.1 Å². The second-order valence-corrected chi connectivity index (χ2v) is 8.58. The highest BCUT2D eigenvalue weighted by molar-refractivity contribution is 7.18. The van der Waals surface area contributed by atoms with E-state index < -0.39 is 0 Å². The number of aromatic nitrogens is 1. The Morgan fingerprint density at radius 1 is 1.30 bits per heavy atom. The Hall–Kier alpha value is -2.21. The summed E-state index contributed by atoms with van der Waals surface area (Å²) in [6.45, 7) is 11.2. The van der Waals surface area contributed by atoms with Crippen molar-refractivity contribution < 1.29 is 9.90 Å². The predicted molar refractivity (Wildman–Crippen MR) is 130 cm³/mol. The molecule has 0 radical (unpaired) electrons. The first-order chi connectivity index (χ1) is 14.3. The molecule has 0 aromatic carbocycles. The smallest absolute Gasteiger partial charge is 0.226 e. The Balaban J connectivity index is 0.000000804. The van der Waals surface area contributed by atoms with Crippen molar-refractivity contribution in [1.82, 2.24) is 4.98 Å². The van der Waals surface area contributed by atoms with Crippen LogP contribution in [0, 0.1) is 11.3 Å². The number of allylic oxidation sites excluding steroid dienone is 5. The van der Waals surface area contributed by atoms with Crippen molar-refractivity contribution in [2.45, 2.75) is 79.1 Å². The largest absolute Gasteiger partial charge is 0.513 e. The molecular weight excluding hydrogens is 394 g/mol. The molecule has 0 atom stereocenters. The quantitative estimate of drug-likeness (QED) is 0.269. The summed E-state index contributed by atoms with van der Waals surface area (Å²) in [5.41, 5.74) is 2.37. The van der Waals surface area contributed by atoms with Crippen LogP contribution < -0.4 is 5.32 Å². The van der Waals surface area contributed by atoms with Crippen LogP contribution in [0.15, 0.2) is 30.6 Å². The van der Waals surface area contributed by atoms with E-state index >= 15 is 0 Å². The molecule has 1 aromatic rings. The van der Waals surface area contributed by atoms with Crippen molar-refractivity contribution in [2.75, 3.05) is 5.32 Å². The third-order valence-corrected chi connectivity index (χ3v) is 5.85. The number of hydrogen-bond acceptors (Lipinski definition) is 5. The SMILES string of the molecule is C=C(O)CC.CCCC(CCC)CC(=O)Nc1nc(C2=CCCC=C2)c(C(C)=N)s1. The topological polar surface area (TPSA) is 86.1 Å². The maximum absolute atomic E-state index is 12.4. The summed E-state index contributed by atoms with van der Waals surface area (Å²) in [4.78, 5) is 17.9. The number of hydrogen-bond donors (Lipinski definition) is 3. The molecule has 30 heavy (non-hydrogen) atoms. The Morgan fingerprint density at radius 2 is 1.93 bits per heavy atom.